The molecule has 2 rings (SSSR count). The highest BCUT2D eigenvalue weighted by atomic mass is 79.9. The molecule has 0 aliphatic heterocycles. The Labute approximate surface area is 137 Å². The minimum Gasteiger partial charge on any atom is -0.456 e. The molecule has 0 spiro atoms. The lowest BCUT2D eigenvalue weighted by Crippen LogP contribution is -2.12. The highest BCUT2D eigenvalue weighted by Gasteiger charge is 2.09. The van der Waals surface area contributed by atoms with Gasteiger partial charge in [-0.15, -0.1) is 0 Å². The summed E-state index contributed by atoms with van der Waals surface area (Å²) in [5.41, 5.74) is 2.34. The van der Waals surface area contributed by atoms with Gasteiger partial charge >= 0.3 is 0 Å². The van der Waals surface area contributed by atoms with Crippen LogP contribution in [0.15, 0.2) is 34.8 Å². The Balaban J connectivity index is 2.20. The third kappa shape index (κ3) is 4.19. The van der Waals surface area contributed by atoms with E-state index in [2.05, 4.69) is 28.2 Å². The van der Waals surface area contributed by atoms with Gasteiger partial charge in [-0.05, 0) is 58.7 Å². The number of aryl methyl sites for hydroxylation is 1. The van der Waals surface area contributed by atoms with Gasteiger partial charge in [0.15, 0.2) is 0 Å². The molecule has 0 amide bonds. The second-order valence-electron chi connectivity index (χ2n) is 4.67. The molecule has 0 unspecified atom stereocenters. The van der Waals surface area contributed by atoms with E-state index in [9.17, 15) is 4.39 Å². The van der Waals surface area contributed by atoms with Crippen molar-refractivity contribution in [3.05, 3.63) is 56.8 Å². The summed E-state index contributed by atoms with van der Waals surface area (Å²) >= 11 is 9.04. The normalized spacial score (nSPS) is 10.7. The summed E-state index contributed by atoms with van der Waals surface area (Å²) < 4.78 is 19.8. The number of hydrogen-bond donors (Lipinski definition) is 1. The fraction of sp³-hybridized carbons (Fsp3) is 0.250. The minimum absolute atomic E-state index is 0.0615. The summed E-state index contributed by atoms with van der Waals surface area (Å²) in [5, 5.41) is 3.35. The molecule has 0 saturated heterocycles. The van der Waals surface area contributed by atoms with E-state index in [0.29, 0.717) is 16.0 Å². The summed E-state index contributed by atoms with van der Waals surface area (Å²) in [6.07, 6.45) is 0. The van der Waals surface area contributed by atoms with Crippen LogP contribution in [0.4, 0.5) is 4.39 Å². The maximum Gasteiger partial charge on any atom is 0.145 e. The lowest BCUT2D eigenvalue weighted by Gasteiger charge is -2.12. The molecule has 0 saturated carbocycles. The Bertz CT molecular complexity index is 648. The number of hydrogen-bond acceptors (Lipinski definition) is 2. The molecule has 0 radical (unpaired) electrons. The Hall–Kier alpha value is -1.10. The highest BCUT2D eigenvalue weighted by Crippen LogP contribution is 2.34. The quantitative estimate of drug-likeness (QED) is 0.704. The maximum atomic E-state index is 13.5. The molecule has 1 N–H and O–H groups in total. The topological polar surface area (TPSA) is 21.3 Å². The number of nitrogens with one attached hydrogen (secondary N) is 1. The largest absolute Gasteiger partial charge is 0.456 e. The molecule has 5 heteroatoms. The van der Waals surface area contributed by atoms with Crippen molar-refractivity contribution in [2.45, 2.75) is 20.4 Å². The van der Waals surface area contributed by atoms with Crippen LogP contribution in [-0.2, 0) is 6.54 Å². The van der Waals surface area contributed by atoms with Crippen molar-refractivity contribution in [2.75, 3.05) is 6.54 Å². The monoisotopic (exact) mass is 371 g/mol. The predicted octanol–water partition coefficient (Wildman–Crippen LogP) is 5.45. The van der Waals surface area contributed by atoms with Crippen LogP contribution in [0.3, 0.4) is 0 Å². The molecule has 0 bridgehead atoms. The molecule has 0 fully saturated rings. The highest BCUT2D eigenvalue weighted by molar-refractivity contribution is 9.10. The first-order chi connectivity index (χ1) is 10.0. The summed E-state index contributed by atoms with van der Waals surface area (Å²) in [5.74, 6) is 0.557. The number of benzene rings is 2. The first kappa shape index (κ1) is 16.3. The van der Waals surface area contributed by atoms with Crippen LogP contribution in [-0.4, -0.2) is 6.54 Å². The van der Waals surface area contributed by atoms with E-state index in [4.69, 9.17) is 16.3 Å². The van der Waals surface area contributed by atoms with Gasteiger partial charge < -0.3 is 10.1 Å². The van der Waals surface area contributed by atoms with Crippen molar-refractivity contribution in [2.24, 2.45) is 0 Å². The summed E-state index contributed by atoms with van der Waals surface area (Å²) in [4.78, 5) is 0. The lowest BCUT2D eigenvalue weighted by molar-refractivity contribution is 0.473. The van der Waals surface area contributed by atoms with E-state index < -0.39 is 5.82 Å². The Morgan fingerprint density at radius 2 is 2.05 bits per heavy atom. The molecule has 0 aromatic heterocycles. The van der Waals surface area contributed by atoms with Crippen LogP contribution < -0.4 is 10.1 Å². The van der Waals surface area contributed by atoms with Crippen LogP contribution in [0, 0.1) is 12.7 Å². The van der Waals surface area contributed by atoms with E-state index >= 15 is 0 Å². The predicted molar refractivity (Wildman–Crippen MR) is 87.7 cm³/mol. The van der Waals surface area contributed by atoms with Gasteiger partial charge in [0.05, 0.1) is 9.50 Å². The van der Waals surface area contributed by atoms with Crippen LogP contribution >= 0.6 is 27.5 Å². The summed E-state index contributed by atoms with van der Waals surface area (Å²) in [6.45, 7) is 5.84. The molecule has 0 aliphatic rings. The SMILES string of the molecule is CCNCc1ccc(Oc2cc(F)c(Cl)cc2Br)cc1C. The van der Waals surface area contributed by atoms with Gasteiger partial charge in [0.2, 0.25) is 0 Å². The van der Waals surface area contributed by atoms with Crippen LogP contribution in [0.5, 0.6) is 11.5 Å². The third-order valence-electron chi connectivity index (χ3n) is 3.08. The van der Waals surface area contributed by atoms with E-state index in [-0.39, 0.29) is 5.02 Å². The van der Waals surface area contributed by atoms with Crippen molar-refractivity contribution in [1.29, 1.82) is 0 Å². The molecule has 2 aromatic rings. The van der Waals surface area contributed by atoms with Gasteiger partial charge in [0.1, 0.15) is 17.3 Å². The van der Waals surface area contributed by atoms with Gasteiger partial charge in [0, 0.05) is 12.6 Å². The van der Waals surface area contributed by atoms with E-state index in [1.165, 1.54) is 17.7 Å². The molecule has 2 nitrogen and oxygen atoms in total. The summed E-state index contributed by atoms with van der Waals surface area (Å²) in [7, 11) is 0. The smallest absolute Gasteiger partial charge is 0.145 e. The zero-order valence-corrected chi connectivity index (χ0v) is 14.2. The summed E-state index contributed by atoms with van der Waals surface area (Å²) in [6, 6.07) is 8.57. The molecule has 2 aromatic carbocycles. The van der Waals surface area contributed by atoms with E-state index in [1.807, 2.05) is 25.1 Å². The second-order valence-corrected chi connectivity index (χ2v) is 5.93. The van der Waals surface area contributed by atoms with Crippen LogP contribution in [0.2, 0.25) is 5.02 Å². The van der Waals surface area contributed by atoms with Crippen molar-refractivity contribution in [3.8, 4) is 11.5 Å². The van der Waals surface area contributed by atoms with Crippen molar-refractivity contribution >= 4 is 27.5 Å². The number of rotatable bonds is 5. The molecule has 0 heterocycles. The standard InChI is InChI=1S/C16H16BrClFNO/c1-3-20-9-11-4-5-12(6-10(11)2)21-16-8-15(19)14(18)7-13(16)17/h4-8,20H,3,9H2,1-2H3. The molecular formula is C16H16BrClFNO. The average molecular weight is 373 g/mol. The molecule has 0 atom stereocenters. The molecule has 0 aliphatic carbocycles. The molecular weight excluding hydrogens is 357 g/mol. The minimum atomic E-state index is -0.504. The first-order valence-corrected chi connectivity index (χ1v) is 7.81. The lowest BCUT2D eigenvalue weighted by atomic mass is 10.1. The third-order valence-corrected chi connectivity index (χ3v) is 3.99. The van der Waals surface area contributed by atoms with Crippen LogP contribution in [0.25, 0.3) is 0 Å². The van der Waals surface area contributed by atoms with Crippen molar-refractivity contribution < 1.29 is 9.13 Å². The van der Waals surface area contributed by atoms with Gasteiger partial charge in [-0.25, -0.2) is 4.39 Å². The van der Waals surface area contributed by atoms with Crippen molar-refractivity contribution in [1.82, 2.24) is 5.32 Å². The molecule has 112 valence electrons. The zero-order chi connectivity index (χ0) is 15.4. The Morgan fingerprint density at radius 3 is 2.71 bits per heavy atom. The van der Waals surface area contributed by atoms with Crippen LogP contribution in [0.1, 0.15) is 18.1 Å². The van der Waals surface area contributed by atoms with Gasteiger partial charge in [0.25, 0.3) is 0 Å². The average Bonchev–Trinajstić information content (AvgIpc) is 2.44. The fourth-order valence-corrected chi connectivity index (χ4v) is 2.62. The van der Waals surface area contributed by atoms with E-state index in [1.54, 1.807) is 0 Å². The molecule has 21 heavy (non-hydrogen) atoms. The van der Waals surface area contributed by atoms with Gasteiger partial charge in [-0.1, -0.05) is 24.6 Å². The number of halogens is 3. The van der Waals surface area contributed by atoms with Gasteiger partial charge in [-0.3, -0.25) is 0 Å². The zero-order valence-electron chi connectivity index (χ0n) is 11.8. The first-order valence-electron chi connectivity index (χ1n) is 6.64. The Kier molecular flexibility index (Phi) is 5.62. The van der Waals surface area contributed by atoms with Crippen molar-refractivity contribution in [3.63, 3.8) is 0 Å². The van der Waals surface area contributed by atoms with Gasteiger partial charge in [-0.2, -0.15) is 0 Å². The van der Waals surface area contributed by atoms with E-state index in [0.717, 1.165) is 18.7 Å². The fourth-order valence-electron chi connectivity index (χ4n) is 1.90. The second kappa shape index (κ2) is 7.25. The maximum absolute atomic E-state index is 13.5. The number of ether oxygens (including phenoxy) is 1. The Morgan fingerprint density at radius 1 is 1.29 bits per heavy atom.